The van der Waals surface area contributed by atoms with E-state index in [0.717, 1.165) is 25.2 Å². The van der Waals surface area contributed by atoms with Crippen LogP contribution in [0.5, 0.6) is 0 Å². The number of nitrogens with zero attached hydrogens (tertiary/aromatic N) is 2. The molecule has 0 saturated heterocycles. The minimum absolute atomic E-state index is 0.0518. The van der Waals surface area contributed by atoms with Crippen molar-refractivity contribution in [1.29, 1.82) is 0 Å². The molecule has 0 aliphatic carbocycles. The standard InChI is InChI=1S/C15H18N4O/c1-19-7-5-14(18-19)10-17-15(20)12-3-2-11-4-6-16-9-13(11)8-12/h2-3,5,7-8,16H,4,6,9-10H2,1H3,(H,17,20). The largest absolute Gasteiger partial charge is 0.346 e. The molecule has 1 aromatic carbocycles. The number of nitrogens with one attached hydrogen (secondary N) is 2. The number of aryl methyl sites for hydroxylation is 1. The Bertz CT molecular complexity index is 633. The second kappa shape index (κ2) is 5.46. The fraction of sp³-hybridized carbons (Fsp3) is 0.333. The molecule has 5 heteroatoms. The molecule has 0 bridgehead atoms. The highest BCUT2D eigenvalue weighted by atomic mass is 16.1. The second-order valence-electron chi connectivity index (χ2n) is 5.07. The fourth-order valence-corrected chi connectivity index (χ4v) is 2.45. The lowest BCUT2D eigenvalue weighted by Gasteiger charge is -2.17. The van der Waals surface area contributed by atoms with E-state index in [2.05, 4.69) is 21.8 Å². The molecule has 0 radical (unpaired) electrons. The maximum absolute atomic E-state index is 12.1. The molecule has 1 aliphatic heterocycles. The van der Waals surface area contributed by atoms with Gasteiger partial charge in [-0.25, -0.2) is 0 Å². The third-order valence-corrected chi connectivity index (χ3v) is 3.55. The molecule has 1 aliphatic rings. The quantitative estimate of drug-likeness (QED) is 0.874. The van der Waals surface area contributed by atoms with Crippen LogP contribution >= 0.6 is 0 Å². The van der Waals surface area contributed by atoms with Gasteiger partial charge in [0.05, 0.1) is 12.2 Å². The van der Waals surface area contributed by atoms with Crippen LogP contribution < -0.4 is 10.6 Å². The van der Waals surface area contributed by atoms with Crippen molar-refractivity contribution in [2.24, 2.45) is 7.05 Å². The number of hydrogen-bond donors (Lipinski definition) is 2. The number of fused-ring (bicyclic) bond motifs is 1. The first-order valence-electron chi connectivity index (χ1n) is 6.81. The summed E-state index contributed by atoms with van der Waals surface area (Å²) in [4.78, 5) is 12.1. The fourth-order valence-electron chi connectivity index (χ4n) is 2.45. The number of carbonyl (C=O) groups is 1. The lowest BCUT2D eigenvalue weighted by Crippen LogP contribution is -2.26. The Kier molecular flexibility index (Phi) is 3.52. The SMILES string of the molecule is Cn1ccc(CNC(=O)c2ccc3c(c2)CNCC3)n1. The molecule has 0 fully saturated rings. The van der Waals surface area contributed by atoms with Gasteiger partial charge < -0.3 is 10.6 Å². The Hall–Kier alpha value is -2.14. The summed E-state index contributed by atoms with van der Waals surface area (Å²) in [6.45, 7) is 2.31. The topological polar surface area (TPSA) is 59.0 Å². The Labute approximate surface area is 118 Å². The average molecular weight is 270 g/mol. The van der Waals surface area contributed by atoms with Gasteiger partial charge in [0, 0.05) is 25.4 Å². The molecule has 2 N–H and O–H groups in total. The zero-order chi connectivity index (χ0) is 13.9. The van der Waals surface area contributed by atoms with Crippen LogP contribution in [-0.4, -0.2) is 22.2 Å². The lowest BCUT2D eigenvalue weighted by atomic mass is 9.98. The van der Waals surface area contributed by atoms with E-state index in [-0.39, 0.29) is 5.91 Å². The van der Waals surface area contributed by atoms with E-state index in [4.69, 9.17) is 0 Å². The van der Waals surface area contributed by atoms with Crippen LogP contribution in [0.3, 0.4) is 0 Å². The first-order chi connectivity index (χ1) is 9.72. The van der Waals surface area contributed by atoms with Crippen LogP contribution in [0, 0.1) is 0 Å². The van der Waals surface area contributed by atoms with Crippen LogP contribution in [0.1, 0.15) is 27.2 Å². The molecule has 104 valence electrons. The average Bonchev–Trinajstić information content (AvgIpc) is 2.90. The van der Waals surface area contributed by atoms with Gasteiger partial charge in [-0.3, -0.25) is 9.48 Å². The van der Waals surface area contributed by atoms with Crippen molar-refractivity contribution in [3.05, 3.63) is 52.8 Å². The molecule has 20 heavy (non-hydrogen) atoms. The van der Waals surface area contributed by atoms with Crippen molar-refractivity contribution in [2.45, 2.75) is 19.5 Å². The molecule has 0 atom stereocenters. The van der Waals surface area contributed by atoms with E-state index < -0.39 is 0 Å². The molecular weight excluding hydrogens is 252 g/mol. The Morgan fingerprint density at radius 2 is 2.30 bits per heavy atom. The molecule has 1 amide bonds. The molecule has 0 unspecified atom stereocenters. The third kappa shape index (κ3) is 2.72. The molecule has 2 heterocycles. The first-order valence-corrected chi connectivity index (χ1v) is 6.81. The molecule has 0 saturated carbocycles. The van der Waals surface area contributed by atoms with Crippen molar-refractivity contribution in [1.82, 2.24) is 20.4 Å². The van der Waals surface area contributed by atoms with Crippen molar-refractivity contribution in [3.8, 4) is 0 Å². The van der Waals surface area contributed by atoms with Crippen LogP contribution in [0.2, 0.25) is 0 Å². The highest BCUT2D eigenvalue weighted by Gasteiger charge is 2.12. The van der Waals surface area contributed by atoms with E-state index in [1.54, 1.807) is 4.68 Å². The number of carbonyl (C=O) groups excluding carboxylic acids is 1. The van der Waals surface area contributed by atoms with Gasteiger partial charge in [0.25, 0.3) is 5.91 Å². The Morgan fingerprint density at radius 1 is 1.40 bits per heavy atom. The maximum Gasteiger partial charge on any atom is 0.251 e. The highest BCUT2D eigenvalue weighted by Crippen LogP contribution is 2.15. The molecule has 2 aromatic rings. The van der Waals surface area contributed by atoms with Gasteiger partial charge in [0.2, 0.25) is 0 Å². The molecule has 0 spiro atoms. The zero-order valence-corrected chi connectivity index (χ0v) is 11.5. The van der Waals surface area contributed by atoms with Gasteiger partial charge in [-0.05, 0) is 42.3 Å². The summed E-state index contributed by atoms with van der Waals surface area (Å²) in [6, 6.07) is 7.84. The summed E-state index contributed by atoms with van der Waals surface area (Å²) < 4.78 is 1.73. The predicted octanol–water partition coefficient (Wildman–Crippen LogP) is 0.996. The van der Waals surface area contributed by atoms with E-state index in [9.17, 15) is 4.79 Å². The summed E-state index contributed by atoms with van der Waals surface area (Å²) in [5.41, 5.74) is 4.13. The summed E-state index contributed by atoms with van der Waals surface area (Å²) >= 11 is 0. The summed E-state index contributed by atoms with van der Waals surface area (Å²) in [7, 11) is 1.86. The van der Waals surface area contributed by atoms with E-state index in [1.165, 1.54) is 11.1 Å². The predicted molar refractivity (Wildman–Crippen MR) is 76.2 cm³/mol. The number of benzene rings is 1. The van der Waals surface area contributed by atoms with Crippen LogP contribution in [0.4, 0.5) is 0 Å². The normalized spacial score (nSPS) is 13.8. The number of amides is 1. The van der Waals surface area contributed by atoms with Crippen molar-refractivity contribution >= 4 is 5.91 Å². The van der Waals surface area contributed by atoms with Gasteiger partial charge in [-0.1, -0.05) is 6.07 Å². The second-order valence-corrected chi connectivity index (χ2v) is 5.07. The summed E-state index contributed by atoms with van der Waals surface area (Å²) in [5, 5.41) is 10.5. The van der Waals surface area contributed by atoms with Gasteiger partial charge >= 0.3 is 0 Å². The molecular formula is C15H18N4O. The molecule has 5 nitrogen and oxygen atoms in total. The lowest BCUT2D eigenvalue weighted by molar-refractivity contribution is 0.0950. The third-order valence-electron chi connectivity index (χ3n) is 3.55. The number of rotatable bonds is 3. The van der Waals surface area contributed by atoms with Crippen LogP contribution in [0.15, 0.2) is 30.5 Å². The Morgan fingerprint density at radius 3 is 3.10 bits per heavy atom. The van der Waals surface area contributed by atoms with Gasteiger partial charge in [0.1, 0.15) is 0 Å². The zero-order valence-electron chi connectivity index (χ0n) is 11.5. The van der Waals surface area contributed by atoms with Crippen molar-refractivity contribution < 1.29 is 4.79 Å². The monoisotopic (exact) mass is 270 g/mol. The molecule has 3 rings (SSSR count). The molecule has 1 aromatic heterocycles. The van der Waals surface area contributed by atoms with Crippen molar-refractivity contribution in [3.63, 3.8) is 0 Å². The van der Waals surface area contributed by atoms with Crippen LogP contribution in [0.25, 0.3) is 0 Å². The maximum atomic E-state index is 12.1. The Balaban J connectivity index is 1.67. The van der Waals surface area contributed by atoms with E-state index >= 15 is 0 Å². The van der Waals surface area contributed by atoms with Gasteiger partial charge in [-0.15, -0.1) is 0 Å². The summed E-state index contributed by atoms with van der Waals surface area (Å²) in [6.07, 6.45) is 2.90. The minimum Gasteiger partial charge on any atom is -0.346 e. The first kappa shape index (κ1) is 12.9. The smallest absolute Gasteiger partial charge is 0.251 e. The minimum atomic E-state index is -0.0518. The van der Waals surface area contributed by atoms with Gasteiger partial charge in [0.15, 0.2) is 0 Å². The number of hydrogen-bond acceptors (Lipinski definition) is 3. The highest BCUT2D eigenvalue weighted by molar-refractivity contribution is 5.94. The van der Waals surface area contributed by atoms with Crippen molar-refractivity contribution in [2.75, 3.05) is 6.54 Å². The summed E-state index contributed by atoms with van der Waals surface area (Å²) in [5.74, 6) is -0.0518. The van der Waals surface area contributed by atoms with Crippen LogP contribution in [-0.2, 0) is 26.6 Å². The van der Waals surface area contributed by atoms with E-state index in [0.29, 0.717) is 12.1 Å². The van der Waals surface area contributed by atoms with Gasteiger partial charge in [-0.2, -0.15) is 5.10 Å². The number of aromatic nitrogens is 2. The van der Waals surface area contributed by atoms with E-state index in [1.807, 2.05) is 31.4 Å².